The first-order valence-electron chi connectivity index (χ1n) is 5.80. The van der Waals surface area contributed by atoms with Crippen LogP contribution in [0.4, 0.5) is 17.6 Å². The second-order valence-electron chi connectivity index (χ2n) is 4.14. The third kappa shape index (κ3) is 2.26. The van der Waals surface area contributed by atoms with Gasteiger partial charge >= 0.3 is 0 Å². The molecule has 3 nitrogen and oxygen atoms in total. The van der Waals surface area contributed by atoms with Crippen LogP contribution in [-0.4, -0.2) is 10.1 Å². The molecule has 3 rings (SSSR count). The second kappa shape index (κ2) is 5.01. The molecule has 0 bridgehead atoms. The Hall–Kier alpha value is -2.70. The fraction of sp³-hybridized carbons (Fsp3) is 0. The first-order chi connectivity index (χ1) is 10.1. The maximum atomic E-state index is 13.6. The molecular weight excluding hydrogens is 288 g/mol. The zero-order valence-corrected chi connectivity index (χ0v) is 10.3. The first-order valence-corrected chi connectivity index (χ1v) is 5.80. The minimum atomic E-state index is -1.93. The van der Waals surface area contributed by atoms with Crippen molar-refractivity contribution in [2.75, 3.05) is 0 Å². The number of hydrogen-bond donors (Lipinski definition) is 0. The minimum absolute atomic E-state index is 0.121. The molecule has 106 valence electrons. The van der Waals surface area contributed by atoms with Crippen molar-refractivity contribution in [1.82, 2.24) is 10.1 Å². The molecule has 1 heterocycles. The van der Waals surface area contributed by atoms with Crippen molar-refractivity contribution in [2.24, 2.45) is 0 Å². The molecule has 3 aromatic rings. The highest BCUT2D eigenvalue weighted by Gasteiger charge is 2.23. The number of halogens is 4. The van der Waals surface area contributed by atoms with Crippen molar-refractivity contribution in [3.63, 3.8) is 0 Å². The molecule has 0 radical (unpaired) electrons. The van der Waals surface area contributed by atoms with Gasteiger partial charge in [0, 0.05) is 5.56 Å². The van der Waals surface area contributed by atoms with E-state index in [-0.39, 0.29) is 5.82 Å². The SMILES string of the molecule is Fc1cc(-c2nc(-c3ccccc3)no2)c(F)c(F)c1F. The monoisotopic (exact) mass is 294 g/mol. The Balaban J connectivity index is 2.09. The van der Waals surface area contributed by atoms with E-state index >= 15 is 0 Å². The third-order valence-electron chi connectivity index (χ3n) is 2.79. The van der Waals surface area contributed by atoms with Crippen LogP contribution < -0.4 is 0 Å². The molecule has 0 aliphatic carbocycles. The maximum Gasteiger partial charge on any atom is 0.261 e. The number of benzene rings is 2. The Labute approximate surface area is 115 Å². The van der Waals surface area contributed by atoms with Crippen LogP contribution in [0.2, 0.25) is 0 Å². The number of hydrogen-bond acceptors (Lipinski definition) is 3. The van der Waals surface area contributed by atoms with Crippen LogP contribution in [0.5, 0.6) is 0 Å². The summed E-state index contributed by atoms with van der Waals surface area (Å²) in [5.74, 6) is -7.26. The van der Waals surface area contributed by atoms with Crippen LogP contribution in [0.3, 0.4) is 0 Å². The Kier molecular flexibility index (Phi) is 3.17. The van der Waals surface area contributed by atoms with Crippen LogP contribution >= 0.6 is 0 Å². The van der Waals surface area contributed by atoms with Crippen LogP contribution in [0.1, 0.15) is 0 Å². The summed E-state index contributed by atoms with van der Waals surface area (Å²) >= 11 is 0. The molecule has 7 heteroatoms. The molecule has 0 aliphatic heterocycles. The van der Waals surface area contributed by atoms with Gasteiger partial charge in [0.1, 0.15) is 0 Å². The molecule has 0 atom stereocenters. The van der Waals surface area contributed by atoms with Crippen LogP contribution in [0, 0.1) is 23.3 Å². The average molecular weight is 294 g/mol. The van der Waals surface area contributed by atoms with E-state index in [0.717, 1.165) is 0 Å². The lowest BCUT2D eigenvalue weighted by atomic mass is 10.2. The summed E-state index contributed by atoms with van der Waals surface area (Å²) in [6.07, 6.45) is 0. The molecule has 0 amide bonds. The van der Waals surface area contributed by atoms with Crippen molar-refractivity contribution in [1.29, 1.82) is 0 Å². The quantitative estimate of drug-likeness (QED) is 0.408. The smallest absolute Gasteiger partial charge is 0.261 e. The van der Waals surface area contributed by atoms with Gasteiger partial charge in [-0.1, -0.05) is 35.5 Å². The van der Waals surface area contributed by atoms with Gasteiger partial charge in [0.05, 0.1) is 5.56 Å². The summed E-state index contributed by atoms with van der Waals surface area (Å²) in [6.45, 7) is 0. The fourth-order valence-electron chi connectivity index (χ4n) is 1.77. The minimum Gasteiger partial charge on any atom is -0.333 e. The average Bonchev–Trinajstić information content (AvgIpc) is 2.99. The van der Waals surface area contributed by atoms with E-state index in [9.17, 15) is 17.6 Å². The molecule has 0 saturated heterocycles. The molecule has 0 unspecified atom stereocenters. The first kappa shape index (κ1) is 13.3. The predicted octanol–water partition coefficient (Wildman–Crippen LogP) is 3.96. The van der Waals surface area contributed by atoms with Crippen LogP contribution in [0.15, 0.2) is 40.9 Å². The fourth-order valence-corrected chi connectivity index (χ4v) is 1.77. The molecule has 0 N–H and O–H groups in total. The van der Waals surface area contributed by atoms with Gasteiger partial charge < -0.3 is 4.52 Å². The van der Waals surface area contributed by atoms with E-state index in [1.807, 2.05) is 0 Å². The van der Waals surface area contributed by atoms with Gasteiger partial charge in [0.25, 0.3) is 5.89 Å². The van der Waals surface area contributed by atoms with Gasteiger partial charge in [0.15, 0.2) is 23.3 Å². The molecular formula is C14H6F4N2O. The zero-order chi connectivity index (χ0) is 15.0. The normalized spacial score (nSPS) is 10.9. The predicted molar refractivity (Wildman–Crippen MR) is 65.0 cm³/mol. The highest BCUT2D eigenvalue weighted by Crippen LogP contribution is 2.28. The third-order valence-corrected chi connectivity index (χ3v) is 2.79. The van der Waals surface area contributed by atoms with Gasteiger partial charge in [-0.3, -0.25) is 0 Å². The summed E-state index contributed by atoms with van der Waals surface area (Å²) < 4.78 is 57.7. The molecule has 1 aromatic heterocycles. The van der Waals surface area contributed by atoms with E-state index in [1.165, 1.54) is 0 Å². The largest absolute Gasteiger partial charge is 0.333 e. The Morgan fingerprint density at radius 2 is 1.57 bits per heavy atom. The van der Waals surface area contributed by atoms with E-state index < -0.39 is 34.7 Å². The summed E-state index contributed by atoms with van der Waals surface area (Å²) in [6, 6.07) is 9.05. The summed E-state index contributed by atoms with van der Waals surface area (Å²) in [7, 11) is 0. The highest BCUT2D eigenvalue weighted by atomic mass is 19.2. The lowest BCUT2D eigenvalue weighted by molar-refractivity contribution is 0.401. The zero-order valence-electron chi connectivity index (χ0n) is 10.3. The van der Waals surface area contributed by atoms with Gasteiger partial charge in [-0.15, -0.1) is 0 Å². The van der Waals surface area contributed by atoms with Crippen molar-refractivity contribution >= 4 is 0 Å². The lowest BCUT2D eigenvalue weighted by Crippen LogP contribution is -1.98. The standard InChI is InChI=1S/C14H6F4N2O/c15-9-6-8(10(16)12(18)11(9)17)14-19-13(20-21-14)7-4-2-1-3-5-7/h1-6H. The molecule has 0 spiro atoms. The van der Waals surface area contributed by atoms with E-state index in [4.69, 9.17) is 4.52 Å². The van der Waals surface area contributed by atoms with Gasteiger partial charge in [-0.2, -0.15) is 4.98 Å². The van der Waals surface area contributed by atoms with Crippen molar-refractivity contribution in [2.45, 2.75) is 0 Å². The van der Waals surface area contributed by atoms with Gasteiger partial charge in [-0.25, -0.2) is 17.6 Å². The molecule has 0 saturated carbocycles. The van der Waals surface area contributed by atoms with Gasteiger partial charge in [0.2, 0.25) is 5.82 Å². The Bertz CT molecular complexity index is 802. The second-order valence-corrected chi connectivity index (χ2v) is 4.14. The summed E-state index contributed by atoms with van der Waals surface area (Å²) in [5.41, 5.74) is -0.0583. The van der Waals surface area contributed by atoms with E-state index in [1.54, 1.807) is 30.3 Å². The number of aromatic nitrogens is 2. The van der Waals surface area contributed by atoms with Crippen molar-refractivity contribution in [3.05, 3.63) is 59.7 Å². The molecule has 0 fully saturated rings. The van der Waals surface area contributed by atoms with E-state index in [0.29, 0.717) is 11.6 Å². The number of rotatable bonds is 2. The van der Waals surface area contributed by atoms with Crippen molar-refractivity contribution < 1.29 is 22.1 Å². The Morgan fingerprint density at radius 3 is 2.29 bits per heavy atom. The maximum absolute atomic E-state index is 13.6. The topological polar surface area (TPSA) is 38.9 Å². The molecule has 0 aliphatic rings. The number of nitrogens with zero attached hydrogens (tertiary/aromatic N) is 2. The van der Waals surface area contributed by atoms with Crippen LogP contribution in [0.25, 0.3) is 22.8 Å². The summed E-state index contributed by atoms with van der Waals surface area (Å²) in [4.78, 5) is 3.85. The van der Waals surface area contributed by atoms with Crippen LogP contribution in [-0.2, 0) is 0 Å². The van der Waals surface area contributed by atoms with Gasteiger partial charge in [-0.05, 0) is 6.07 Å². The molecule has 21 heavy (non-hydrogen) atoms. The van der Waals surface area contributed by atoms with E-state index in [2.05, 4.69) is 10.1 Å². The summed E-state index contributed by atoms with van der Waals surface area (Å²) in [5, 5.41) is 3.59. The molecule has 2 aromatic carbocycles. The lowest BCUT2D eigenvalue weighted by Gasteiger charge is -2.01. The highest BCUT2D eigenvalue weighted by molar-refractivity contribution is 5.60. The Morgan fingerprint density at radius 1 is 0.857 bits per heavy atom. The van der Waals surface area contributed by atoms with Crippen molar-refractivity contribution in [3.8, 4) is 22.8 Å².